The highest BCUT2D eigenvalue weighted by molar-refractivity contribution is 7.43. The zero-order valence-electron chi connectivity index (χ0n) is 78.6. The van der Waals surface area contributed by atoms with Crippen LogP contribution in [0.25, 0.3) is 0 Å². The van der Waals surface area contributed by atoms with Crippen LogP contribution in [-0.2, 0) is 49.1 Å². The Balaban J connectivity index is 1.50. The third-order valence-electron chi connectivity index (χ3n) is 23.6. The van der Waals surface area contributed by atoms with E-state index >= 15 is 0 Å². The highest BCUT2D eigenvalue weighted by Gasteiger charge is 2.35. The maximum absolute atomic E-state index is 7.44. The van der Waals surface area contributed by atoms with Gasteiger partial charge in [0.05, 0.1) is 19.8 Å². The van der Waals surface area contributed by atoms with Crippen LogP contribution in [0.5, 0.6) is 34.5 Å². The van der Waals surface area contributed by atoms with Gasteiger partial charge < -0.3 is 36.2 Å². The fourth-order valence-electron chi connectivity index (χ4n) is 16.2. The summed E-state index contributed by atoms with van der Waals surface area (Å²) >= 11 is 0. The van der Waals surface area contributed by atoms with Crippen LogP contribution in [0, 0.1) is 20.8 Å². The first-order valence-corrected chi connectivity index (χ1v) is 51.3. The first-order chi connectivity index (χ1) is 56.9. The van der Waals surface area contributed by atoms with Crippen molar-refractivity contribution >= 4 is 25.8 Å². The Morgan fingerprint density at radius 3 is 0.814 bits per heavy atom. The average Bonchev–Trinajstić information content (AvgIpc) is 0.762. The van der Waals surface area contributed by atoms with Crippen molar-refractivity contribution in [2.45, 2.75) is 436 Å². The van der Waals surface area contributed by atoms with E-state index < -0.39 is 25.8 Å². The first kappa shape index (κ1) is 102. The molecule has 6 aromatic rings. The molecule has 0 aliphatic rings. The van der Waals surface area contributed by atoms with Gasteiger partial charge in [-0.15, -0.1) is 0 Å². The summed E-state index contributed by atoms with van der Waals surface area (Å²) in [5, 5.41) is 0. The van der Waals surface area contributed by atoms with E-state index in [1.165, 1.54) is 237 Å². The Morgan fingerprint density at radius 2 is 0.500 bits per heavy atom. The highest BCUT2D eigenvalue weighted by Crippen LogP contribution is 2.53. The summed E-state index contributed by atoms with van der Waals surface area (Å²) in [6, 6.07) is 40.2. The van der Waals surface area contributed by atoms with Crippen molar-refractivity contribution < 1.29 is 40.7 Å². The van der Waals surface area contributed by atoms with Crippen LogP contribution >= 0.6 is 25.8 Å². The minimum atomic E-state index is -1.99. The molecule has 0 fully saturated rings. The molecular weight excluding hydrogens is 1510 g/mol. The van der Waals surface area contributed by atoms with Crippen molar-refractivity contribution in [2.24, 2.45) is 0 Å². The minimum absolute atomic E-state index is 0.0694. The van der Waals surface area contributed by atoms with E-state index in [0.29, 0.717) is 19.8 Å². The smallest absolute Gasteiger partial charge is 0.426 e. The molecule has 3 atom stereocenters. The van der Waals surface area contributed by atoms with Crippen LogP contribution < -0.4 is 27.1 Å². The van der Waals surface area contributed by atoms with E-state index in [-0.39, 0.29) is 28.1 Å². The predicted molar refractivity (Wildman–Crippen MR) is 511 cm³/mol. The van der Waals surface area contributed by atoms with Crippen LogP contribution in [0.4, 0.5) is 0 Å². The maximum atomic E-state index is 7.44. The largest absolute Gasteiger partial charge is 0.530 e. The molecule has 0 aliphatic carbocycles. The van der Waals surface area contributed by atoms with E-state index in [4.69, 9.17) is 40.7 Å². The molecule has 6 rings (SSSR count). The molecule has 0 saturated heterocycles. The van der Waals surface area contributed by atoms with Gasteiger partial charge >= 0.3 is 25.8 Å². The molecule has 0 heterocycles. The molecule has 0 radical (unpaired) electrons. The SMILES string of the molecule is CCCCCCCCCOP(OCCCCCCCCC)Oc1cc(C)c(C(CC(C)c2cc(C(C)(C)C)c(OP(Oc3ccccc3CCCCCCCC)Oc3ccccc3CCCCCCCC)cc2C)c2cc(C(C)(C)C)c(OP(OCCCCCCCCC)Oc3ccccc3CCCCCCCC)cc2C)cc1C(C)(C)C. The maximum Gasteiger partial charge on any atom is 0.530 e. The molecule has 662 valence electrons. The molecular formula is C106H169O9P3. The molecule has 118 heavy (non-hydrogen) atoms. The van der Waals surface area contributed by atoms with Gasteiger partial charge in [0.1, 0.15) is 34.5 Å². The molecule has 0 saturated carbocycles. The van der Waals surface area contributed by atoms with Gasteiger partial charge in [0.2, 0.25) is 0 Å². The highest BCUT2D eigenvalue weighted by atomic mass is 31.2. The van der Waals surface area contributed by atoms with Crippen molar-refractivity contribution in [1.29, 1.82) is 0 Å². The van der Waals surface area contributed by atoms with E-state index in [0.717, 1.165) is 140 Å². The van der Waals surface area contributed by atoms with Gasteiger partial charge in [-0.2, -0.15) is 0 Å². The van der Waals surface area contributed by atoms with Crippen LogP contribution in [-0.4, -0.2) is 19.8 Å². The third kappa shape index (κ3) is 38.2. The van der Waals surface area contributed by atoms with E-state index in [2.05, 4.69) is 241 Å². The Hall–Kier alpha value is -4.71. The summed E-state index contributed by atoms with van der Waals surface area (Å²) < 4.78 is 64.1. The molecule has 0 spiro atoms. The predicted octanol–water partition coefficient (Wildman–Crippen LogP) is 35.9. The van der Waals surface area contributed by atoms with Gasteiger partial charge in [0, 0.05) is 22.6 Å². The van der Waals surface area contributed by atoms with E-state index in [9.17, 15) is 0 Å². The molecule has 0 bridgehead atoms. The van der Waals surface area contributed by atoms with Gasteiger partial charge in [-0.3, -0.25) is 4.52 Å². The number of benzene rings is 6. The van der Waals surface area contributed by atoms with Crippen LogP contribution in [0.2, 0.25) is 0 Å². The van der Waals surface area contributed by atoms with Crippen LogP contribution in [0.15, 0.2) is 109 Å². The molecule has 0 N–H and O–H groups in total. The lowest BCUT2D eigenvalue weighted by molar-refractivity contribution is 0.197. The molecule has 6 aromatic carbocycles. The Morgan fingerprint density at radius 1 is 0.263 bits per heavy atom. The second kappa shape index (κ2) is 57.7. The monoisotopic (exact) mass is 1680 g/mol. The Labute approximate surface area is 728 Å². The number of para-hydroxylation sites is 3. The normalized spacial score (nSPS) is 12.9. The summed E-state index contributed by atoms with van der Waals surface area (Å²) in [5.41, 5.74) is 13.4. The molecule has 3 unspecified atom stereocenters. The number of hydrogen-bond donors (Lipinski definition) is 0. The van der Waals surface area contributed by atoms with Gasteiger partial charge in [-0.1, -0.05) is 395 Å². The van der Waals surface area contributed by atoms with Gasteiger partial charge in [0.25, 0.3) is 0 Å². The lowest BCUT2D eigenvalue weighted by Gasteiger charge is -2.33. The summed E-state index contributed by atoms with van der Waals surface area (Å²) in [4.78, 5) is 0. The standard InChI is InChI=1S/C106H169O9P3/c1-20-26-32-38-44-50-62-74-107-116(108-75-63-51-45-39-33-27-21-2)113-101-79-86(9)92(82-96(101)105(14,15)16)94(93-83-97(106(17,18)19)102(80-87(93)10)114-117(109-76-64-52-46-40-34-28-22-3)110-98-71-59-56-68-88(98)65-53-47-41-35-29-23-4)77-84(7)91-81-95(104(11,12)13)103(78-85(91)8)115-118(111-99-72-60-57-69-89(99)66-54-48-42-36-30-24-5)112-100-73-61-58-70-90(100)67-55-49-43-37-31-25-6/h56-61,68-73,78-84,94H,20-55,62-67,74-77H2,1-19H3. The zero-order valence-corrected chi connectivity index (χ0v) is 81.3. The number of aryl methyl sites for hydroxylation is 6. The summed E-state index contributed by atoms with van der Waals surface area (Å²) in [6.45, 7) is 45.8. The van der Waals surface area contributed by atoms with E-state index in [1.807, 2.05) is 0 Å². The summed E-state index contributed by atoms with van der Waals surface area (Å²) in [6.07, 6.45) is 51.2. The molecule has 0 amide bonds. The zero-order chi connectivity index (χ0) is 85.4. The molecule has 12 heteroatoms. The minimum Gasteiger partial charge on any atom is -0.426 e. The van der Waals surface area contributed by atoms with Crippen molar-refractivity contribution in [3.8, 4) is 34.5 Å². The number of unbranched alkanes of at least 4 members (excludes halogenated alkanes) is 33. The Bertz CT molecular complexity index is 3580. The summed E-state index contributed by atoms with van der Waals surface area (Å²) in [5.74, 6) is 4.97. The lowest BCUT2D eigenvalue weighted by atomic mass is 9.74. The third-order valence-corrected chi connectivity index (χ3v) is 26.8. The summed E-state index contributed by atoms with van der Waals surface area (Å²) in [7, 11) is -5.52. The number of rotatable bonds is 65. The molecule has 0 aromatic heterocycles. The second-order valence-electron chi connectivity index (χ2n) is 37.5. The van der Waals surface area contributed by atoms with Crippen LogP contribution in [0.3, 0.4) is 0 Å². The Kier molecular flexibility index (Phi) is 49.9. The second-order valence-corrected chi connectivity index (χ2v) is 40.7. The average molecular weight is 1680 g/mol. The van der Waals surface area contributed by atoms with Gasteiger partial charge in [0.15, 0.2) is 0 Å². The fourth-order valence-corrected chi connectivity index (χ4v) is 19.5. The van der Waals surface area contributed by atoms with E-state index in [1.54, 1.807) is 0 Å². The topological polar surface area (TPSA) is 83.1 Å². The van der Waals surface area contributed by atoms with Crippen molar-refractivity contribution in [3.63, 3.8) is 0 Å². The lowest BCUT2D eigenvalue weighted by Crippen LogP contribution is -2.19. The molecule has 0 aliphatic heterocycles. The quantitative estimate of drug-likeness (QED) is 0.0274. The first-order valence-electron chi connectivity index (χ1n) is 48.0. The van der Waals surface area contributed by atoms with Crippen molar-refractivity contribution in [2.75, 3.05) is 19.8 Å². The van der Waals surface area contributed by atoms with Crippen LogP contribution in [0.1, 0.15) is 446 Å². The van der Waals surface area contributed by atoms with Gasteiger partial charge in [-0.25, -0.2) is 0 Å². The van der Waals surface area contributed by atoms with Crippen molar-refractivity contribution in [1.82, 2.24) is 0 Å². The number of hydrogen-bond acceptors (Lipinski definition) is 9. The van der Waals surface area contributed by atoms with Crippen molar-refractivity contribution in [3.05, 3.63) is 176 Å². The fraction of sp³-hybridized carbons (Fsp3) is 0.660. The molecule has 9 nitrogen and oxygen atoms in total. The van der Waals surface area contributed by atoms with Gasteiger partial charge in [-0.05, 0) is 194 Å².